The summed E-state index contributed by atoms with van der Waals surface area (Å²) in [5, 5.41) is 3.46. The van der Waals surface area contributed by atoms with Gasteiger partial charge < -0.3 is 4.90 Å². The van der Waals surface area contributed by atoms with Crippen LogP contribution in [-0.2, 0) is 0 Å². The molecule has 1 aliphatic heterocycles. The Bertz CT molecular complexity index is 259. The minimum atomic E-state index is 0.178. The predicted octanol–water partition coefficient (Wildman–Crippen LogP) is 1.61. The fourth-order valence-corrected chi connectivity index (χ4v) is 1.78. The Morgan fingerprint density at radius 1 is 1.50 bits per heavy atom. The summed E-state index contributed by atoms with van der Waals surface area (Å²) in [4.78, 5) is 2.18. The normalized spacial score (nSPS) is 22.2. The summed E-state index contributed by atoms with van der Waals surface area (Å²) in [6.07, 6.45) is 0. The van der Waals surface area contributed by atoms with E-state index in [9.17, 15) is 0 Å². The van der Waals surface area contributed by atoms with Gasteiger partial charge in [-0.05, 0) is 6.07 Å². The van der Waals surface area contributed by atoms with E-state index < -0.39 is 0 Å². The molecular weight excluding hydrogens is 168 g/mol. The maximum Gasteiger partial charge on any atom is 0.0793 e. The lowest BCUT2D eigenvalue weighted by Gasteiger charge is -2.31. The molecule has 2 nitrogen and oxygen atoms in total. The molecule has 1 N–H and O–H groups in total. The second kappa shape index (κ2) is 2.99. The van der Waals surface area contributed by atoms with Crippen LogP contribution in [0, 0.1) is 0 Å². The molecule has 1 aromatic carbocycles. The smallest absolute Gasteiger partial charge is 0.0793 e. The van der Waals surface area contributed by atoms with Crippen molar-refractivity contribution in [2.24, 2.45) is 0 Å². The molecule has 12 heavy (non-hydrogen) atoms. The van der Waals surface area contributed by atoms with E-state index >= 15 is 0 Å². The largest absolute Gasteiger partial charge is 0.361 e. The van der Waals surface area contributed by atoms with Gasteiger partial charge in [-0.3, -0.25) is 5.32 Å². The molecule has 3 heteroatoms. The number of thiol groups is 1. The predicted molar refractivity (Wildman–Crippen MR) is 54.6 cm³/mol. The first kappa shape index (κ1) is 7.95. The molecule has 1 aliphatic rings. The maximum absolute atomic E-state index is 4.44. The maximum atomic E-state index is 4.44. The van der Waals surface area contributed by atoms with Crippen molar-refractivity contribution in [3.63, 3.8) is 0 Å². The highest BCUT2D eigenvalue weighted by molar-refractivity contribution is 7.80. The molecule has 0 spiro atoms. The van der Waals surface area contributed by atoms with Crippen LogP contribution in [0.4, 0.5) is 5.69 Å². The molecule has 0 fully saturated rings. The van der Waals surface area contributed by atoms with Gasteiger partial charge >= 0.3 is 0 Å². The van der Waals surface area contributed by atoms with E-state index in [4.69, 9.17) is 0 Å². The van der Waals surface area contributed by atoms with Crippen LogP contribution < -0.4 is 10.2 Å². The van der Waals surface area contributed by atoms with Crippen LogP contribution in [0.25, 0.3) is 0 Å². The highest BCUT2D eigenvalue weighted by Crippen LogP contribution is 2.30. The molecule has 1 unspecified atom stereocenters. The van der Waals surface area contributed by atoms with Crippen molar-refractivity contribution in [3.8, 4) is 0 Å². The zero-order valence-electron chi connectivity index (χ0n) is 6.99. The number of anilines is 1. The number of hydrogen-bond donors (Lipinski definition) is 2. The lowest BCUT2D eigenvalue weighted by Crippen LogP contribution is -2.37. The Kier molecular flexibility index (Phi) is 1.98. The van der Waals surface area contributed by atoms with Gasteiger partial charge in [-0.2, -0.15) is 12.6 Å². The van der Waals surface area contributed by atoms with E-state index in [-0.39, 0.29) is 5.37 Å². The molecule has 0 aliphatic carbocycles. The van der Waals surface area contributed by atoms with E-state index in [2.05, 4.69) is 48.1 Å². The van der Waals surface area contributed by atoms with Crippen LogP contribution in [0.3, 0.4) is 0 Å². The number of rotatable bonds is 0. The zero-order chi connectivity index (χ0) is 8.55. The monoisotopic (exact) mass is 180 g/mol. The van der Waals surface area contributed by atoms with Crippen LogP contribution in [-0.4, -0.2) is 13.7 Å². The molecule has 1 heterocycles. The lowest BCUT2D eigenvalue weighted by molar-refractivity contribution is 0.636. The lowest BCUT2D eigenvalue weighted by atomic mass is 10.1. The third-order valence-corrected chi connectivity index (χ3v) is 2.63. The molecule has 2 rings (SSSR count). The summed E-state index contributed by atoms with van der Waals surface area (Å²) in [6, 6.07) is 8.33. The van der Waals surface area contributed by atoms with Gasteiger partial charge in [0.25, 0.3) is 0 Å². The van der Waals surface area contributed by atoms with Crippen LogP contribution in [0.2, 0.25) is 0 Å². The van der Waals surface area contributed by atoms with Crippen LogP contribution in [0.1, 0.15) is 10.9 Å². The van der Waals surface area contributed by atoms with Crippen molar-refractivity contribution in [3.05, 3.63) is 29.8 Å². The molecule has 64 valence electrons. The van der Waals surface area contributed by atoms with Gasteiger partial charge in [-0.1, -0.05) is 18.2 Å². The second-order valence-corrected chi connectivity index (χ2v) is 3.54. The molecule has 0 saturated heterocycles. The molecule has 0 amide bonds. The number of benzene rings is 1. The number of nitrogens with zero attached hydrogens (tertiary/aromatic N) is 1. The molecule has 0 saturated carbocycles. The number of fused-ring (bicyclic) bond motifs is 1. The van der Waals surface area contributed by atoms with Crippen molar-refractivity contribution in [1.29, 1.82) is 0 Å². The Morgan fingerprint density at radius 3 is 3.00 bits per heavy atom. The van der Waals surface area contributed by atoms with Gasteiger partial charge in [0.15, 0.2) is 0 Å². The Balaban J connectivity index is 2.47. The van der Waals surface area contributed by atoms with Gasteiger partial charge in [-0.15, -0.1) is 0 Å². The second-order valence-electron chi connectivity index (χ2n) is 3.02. The number of nitrogens with one attached hydrogen (secondary N) is 1. The highest BCUT2D eigenvalue weighted by atomic mass is 32.1. The summed E-state index contributed by atoms with van der Waals surface area (Å²) in [6.45, 7) is 0.866. The summed E-state index contributed by atoms with van der Waals surface area (Å²) >= 11 is 4.44. The molecule has 0 bridgehead atoms. The van der Waals surface area contributed by atoms with E-state index in [0.29, 0.717) is 0 Å². The van der Waals surface area contributed by atoms with Gasteiger partial charge in [0.1, 0.15) is 0 Å². The van der Waals surface area contributed by atoms with Gasteiger partial charge in [0.2, 0.25) is 0 Å². The minimum Gasteiger partial charge on any atom is -0.361 e. The molecule has 1 atom stereocenters. The van der Waals surface area contributed by atoms with Gasteiger partial charge in [-0.25, -0.2) is 0 Å². The van der Waals surface area contributed by atoms with E-state index in [1.807, 2.05) is 6.07 Å². The fourth-order valence-electron chi connectivity index (χ4n) is 1.48. The summed E-state index contributed by atoms with van der Waals surface area (Å²) < 4.78 is 0. The quantitative estimate of drug-likeness (QED) is 0.590. The number of para-hydroxylation sites is 1. The average Bonchev–Trinajstić information content (AvgIpc) is 2.12. The van der Waals surface area contributed by atoms with Crippen molar-refractivity contribution in [2.45, 2.75) is 5.37 Å². The van der Waals surface area contributed by atoms with Crippen LogP contribution in [0.5, 0.6) is 0 Å². The average molecular weight is 180 g/mol. The van der Waals surface area contributed by atoms with Crippen molar-refractivity contribution in [1.82, 2.24) is 5.32 Å². The number of hydrogen-bond acceptors (Lipinski definition) is 3. The standard InChI is InChI=1S/C9H12N2S/c1-11-6-10-9(12)7-4-2-3-5-8(7)11/h2-5,9-10,12H,6H2,1H3. The Hall–Kier alpha value is -0.670. The van der Waals surface area contributed by atoms with Crippen LogP contribution in [0.15, 0.2) is 24.3 Å². The Labute approximate surface area is 78.0 Å². The summed E-state index contributed by atoms with van der Waals surface area (Å²) in [7, 11) is 2.07. The third kappa shape index (κ3) is 1.19. The van der Waals surface area contributed by atoms with E-state index in [0.717, 1.165) is 6.67 Å². The fraction of sp³-hybridized carbons (Fsp3) is 0.333. The van der Waals surface area contributed by atoms with Crippen LogP contribution >= 0.6 is 12.6 Å². The third-order valence-electron chi connectivity index (χ3n) is 2.16. The molecule has 0 radical (unpaired) electrons. The minimum absolute atomic E-state index is 0.178. The van der Waals surface area contributed by atoms with E-state index in [1.165, 1.54) is 11.3 Å². The SMILES string of the molecule is CN1CNC(S)c2ccccc21. The molecule has 0 aromatic heterocycles. The first-order valence-electron chi connectivity index (χ1n) is 4.00. The van der Waals surface area contributed by atoms with Gasteiger partial charge in [0.05, 0.1) is 12.0 Å². The van der Waals surface area contributed by atoms with Crippen molar-refractivity contribution >= 4 is 18.3 Å². The summed E-state index contributed by atoms with van der Waals surface area (Å²) in [5.41, 5.74) is 2.53. The molecular formula is C9H12N2S. The summed E-state index contributed by atoms with van der Waals surface area (Å²) in [5.74, 6) is 0. The first-order valence-corrected chi connectivity index (χ1v) is 4.52. The van der Waals surface area contributed by atoms with E-state index in [1.54, 1.807) is 0 Å². The molecule has 1 aromatic rings. The van der Waals surface area contributed by atoms with Gasteiger partial charge in [0, 0.05) is 18.3 Å². The highest BCUT2D eigenvalue weighted by Gasteiger charge is 2.18. The first-order chi connectivity index (χ1) is 5.79. The van der Waals surface area contributed by atoms with Crippen molar-refractivity contribution < 1.29 is 0 Å². The topological polar surface area (TPSA) is 15.3 Å². The zero-order valence-corrected chi connectivity index (χ0v) is 7.88. The van der Waals surface area contributed by atoms with Crippen molar-refractivity contribution in [2.75, 3.05) is 18.6 Å². The Morgan fingerprint density at radius 2 is 2.25 bits per heavy atom.